The number of halogens is 1. The Morgan fingerprint density at radius 3 is 2.62 bits per heavy atom. The predicted octanol–water partition coefficient (Wildman–Crippen LogP) is 2.68. The number of aromatic nitrogens is 5. The lowest BCUT2D eigenvalue weighted by Crippen LogP contribution is -1.94. The van der Waals surface area contributed by atoms with Gasteiger partial charge in [-0.25, -0.2) is 9.50 Å². The van der Waals surface area contributed by atoms with Crippen molar-refractivity contribution in [3.05, 3.63) is 66.3 Å². The number of ether oxygens (including phenoxy) is 1. The Hall–Kier alpha value is -3.66. The van der Waals surface area contributed by atoms with E-state index in [1.165, 1.54) is 12.3 Å². The lowest BCUT2D eigenvalue weighted by Gasteiger charge is -2.06. The topological polar surface area (TPSA) is 57.2 Å². The van der Waals surface area contributed by atoms with E-state index in [2.05, 4.69) is 27.0 Å². The molecular formula is C19H14FN5O. The summed E-state index contributed by atoms with van der Waals surface area (Å²) in [6.07, 6.45) is 8.68. The standard InChI is InChI=1S/C19H14FN5O/c1-24-11-16(10-22-24)15-7-17(26-2)19-14(9-23-25(19)12-15)5-3-13-4-6-18(20)21-8-13/h4,6-12H,1-2H3. The molecule has 0 aliphatic heterocycles. The molecule has 4 aromatic rings. The van der Waals surface area contributed by atoms with Gasteiger partial charge in [0.25, 0.3) is 0 Å². The minimum Gasteiger partial charge on any atom is -0.494 e. The summed E-state index contributed by atoms with van der Waals surface area (Å²) in [7, 11) is 3.47. The lowest BCUT2D eigenvalue weighted by atomic mass is 10.1. The first-order chi connectivity index (χ1) is 12.6. The van der Waals surface area contributed by atoms with Crippen LogP contribution in [-0.2, 0) is 7.05 Å². The van der Waals surface area contributed by atoms with Crippen molar-refractivity contribution in [1.82, 2.24) is 24.4 Å². The van der Waals surface area contributed by atoms with Crippen molar-refractivity contribution < 1.29 is 9.13 Å². The molecule has 128 valence electrons. The number of hydrogen-bond donors (Lipinski definition) is 0. The van der Waals surface area contributed by atoms with Crippen LogP contribution in [0.1, 0.15) is 11.1 Å². The molecule has 0 fully saturated rings. The minimum atomic E-state index is -0.531. The molecule has 4 heterocycles. The van der Waals surface area contributed by atoms with E-state index >= 15 is 0 Å². The lowest BCUT2D eigenvalue weighted by molar-refractivity contribution is 0.417. The number of methoxy groups -OCH3 is 1. The average molecular weight is 347 g/mol. The van der Waals surface area contributed by atoms with E-state index in [-0.39, 0.29) is 0 Å². The highest BCUT2D eigenvalue weighted by molar-refractivity contribution is 5.75. The molecule has 0 bridgehead atoms. The number of pyridine rings is 2. The molecular weight excluding hydrogens is 333 g/mol. The van der Waals surface area contributed by atoms with Crippen LogP contribution < -0.4 is 4.74 Å². The Morgan fingerprint density at radius 1 is 1.04 bits per heavy atom. The van der Waals surface area contributed by atoms with Crippen LogP contribution in [0, 0.1) is 17.8 Å². The molecule has 0 saturated carbocycles. The van der Waals surface area contributed by atoms with E-state index in [4.69, 9.17) is 4.74 Å². The Bertz CT molecular complexity index is 1150. The minimum absolute atomic E-state index is 0.531. The molecule has 0 unspecified atom stereocenters. The number of aryl methyl sites for hydroxylation is 1. The summed E-state index contributed by atoms with van der Waals surface area (Å²) >= 11 is 0. The van der Waals surface area contributed by atoms with Crippen molar-refractivity contribution >= 4 is 5.52 Å². The van der Waals surface area contributed by atoms with Gasteiger partial charge in [0.05, 0.1) is 25.1 Å². The van der Waals surface area contributed by atoms with Crippen LogP contribution in [0.3, 0.4) is 0 Å². The van der Waals surface area contributed by atoms with E-state index in [1.807, 2.05) is 25.5 Å². The number of fused-ring (bicyclic) bond motifs is 1. The molecule has 0 aliphatic carbocycles. The highest BCUT2D eigenvalue weighted by atomic mass is 19.1. The Morgan fingerprint density at radius 2 is 1.92 bits per heavy atom. The van der Waals surface area contributed by atoms with Crippen molar-refractivity contribution in [2.45, 2.75) is 0 Å². The molecule has 7 heteroatoms. The van der Waals surface area contributed by atoms with Crippen molar-refractivity contribution in [3.63, 3.8) is 0 Å². The van der Waals surface area contributed by atoms with Gasteiger partial charge >= 0.3 is 0 Å². The molecule has 0 radical (unpaired) electrons. The van der Waals surface area contributed by atoms with Crippen molar-refractivity contribution in [1.29, 1.82) is 0 Å². The predicted molar refractivity (Wildman–Crippen MR) is 94.1 cm³/mol. The van der Waals surface area contributed by atoms with Crippen molar-refractivity contribution in [2.75, 3.05) is 7.11 Å². The smallest absolute Gasteiger partial charge is 0.212 e. The normalized spacial score (nSPS) is 10.6. The molecule has 0 aromatic carbocycles. The summed E-state index contributed by atoms with van der Waals surface area (Å²) in [5, 5.41) is 8.57. The largest absolute Gasteiger partial charge is 0.494 e. The van der Waals surface area contributed by atoms with Gasteiger partial charge in [-0.2, -0.15) is 14.6 Å². The van der Waals surface area contributed by atoms with E-state index in [0.29, 0.717) is 16.9 Å². The average Bonchev–Trinajstić information content (AvgIpc) is 3.26. The van der Waals surface area contributed by atoms with Crippen LogP contribution in [0.5, 0.6) is 5.75 Å². The maximum atomic E-state index is 12.9. The second kappa shape index (κ2) is 6.33. The van der Waals surface area contributed by atoms with Crippen LogP contribution in [0.25, 0.3) is 16.6 Å². The van der Waals surface area contributed by atoms with Gasteiger partial charge in [0.1, 0.15) is 11.3 Å². The van der Waals surface area contributed by atoms with Gasteiger partial charge in [-0.15, -0.1) is 0 Å². The van der Waals surface area contributed by atoms with E-state index in [0.717, 1.165) is 16.6 Å². The number of rotatable bonds is 2. The maximum Gasteiger partial charge on any atom is 0.212 e. The van der Waals surface area contributed by atoms with Gasteiger partial charge in [0, 0.05) is 42.3 Å². The number of hydrogen-bond acceptors (Lipinski definition) is 4. The summed E-state index contributed by atoms with van der Waals surface area (Å²) in [5.41, 5.74) is 4.00. The SMILES string of the molecule is COc1cc(-c2cnn(C)c2)cn2ncc(C#Cc3ccc(F)nc3)c12. The molecule has 4 aromatic heterocycles. The summed E-state index contributed by atoms with van der Waals surface area (Å²) in [6.45, 7) is 0. The van der Waals surface area contributed by atoms with Crippen LogP contribution in [0.2, 0.25) is 0 Å². The first-order valence-electron chi connectivity index (χ1n) is 7.82. The Labute approximate surface area is 148 Å². The van der Waals surface area contributed by atoms with Crippen molar-refractivity contribution in [2.24, 2.45) is 7.05 Å². The zero-order valence-electron chi connectivity index (χ0n) is 14.1. The molecule has 26 heavy (non-hydrogen) atoms. The van der Waals surface area contributed by atoms with Gasteiger partial charge in [-0.05, 0) is 18.2 Å². The monoisotopic (exact) mass is 347 g/mol. The summed E-state index contributed by atoms with van der Waals surface area (Å²) in [4.78, 5) is 3.60. The fourth-order valence-electron chi connectivity index (χ4n) is 2.65. The molecule has 0 saturated heterocycles. The van der Waals surface area contributed by atoms with Crippen LogP contribution in [0.15, 0.2) is 49.2 Å². The maximum absolute atomic E-state index is 12.9. The summed E-state index contributed by atoms with van der Waals surface area (Å²) < 4.78 is 21.9. The van der Waals surface area contributed by atoms with E-state index in [9.17, 15) is 4.39 Å². The second-order valence-electron chi connectivity index (χ2n) is 5.67. The molecule has 0 N–H and O–H groups in total. The van der Waals surface area contributed by atoms with Gasteiger partial charge < -0.3 is 4.74 Å². The van der Waals surface area contributed by atoms with Gasteiger partial charge in [0.15, 0.2) is 0 Å². The second-order valence-corrected chi connectivity index (χ2v) is 5.67. The molecule has 0 aliphatic rings. The quantitative estimate of drug-likeness (QED) is 0.413. The molecule has 4 rings (SSSR count). The van der Waals surface area contributed by atoms with Crippen LogP contribution in [-0.4, -0.2) is 31.5 Å². The summed E-state index contributed by atoms with van der Waals surface area (Å²) in [5.74, 6) is 6.14. The molecule has 0 atom stereocenters. The Balaban J connectivity index is 1.79. The van der Waals surface area contributed by atoms with Gasteiger partial charge in [-0.3, -0.25) is 4.68 Å². The zero-order valence-corrected chi connectivity index (χ0v) is 14.1. The molecule has 6 nitrogen and oxygen atoms in total. The first-order valence-corrected chi connectivity index (χ1v) is 7.82. The Kier molecular flexibility index (Phi) is 3.86. The summed E-state index contributed by atoms with van der Waals surface area (Å²) in [6, 6.07) is 4.79. The van der Waals surface area contributed by atoms with Gasteiger partial charge in [-0.1, -0.05) is 11.8 Å². The third kappa shape index (κ3) is 2.89. The third-order valence-corrected chi connectivity index (χ3v) is 3.90. The zero-order chi connectivity index (χ0) is 18.1. The highest BCUT2D eigenvalue weighted by Crippen LogP contribution is 2.29. The third-order valence-electron chi connectivity index (χ3n) is 3.90. The number of nitrogens with zero attached hydrogens (tertiary/aromatic N) is 5. The fourth-order valence-corrected chi connectivity index (χ4v) is 2.65. The first kappa shape index (κ1) is 15.8. The van der Waals surface area contributed by atoms with Crippen LogP contribution >= 0.6 is 0 Å². The van der Waals surface area contributed by atoms with Crippen molar-refractivity contribution in [3.8, 4) is 28.7 Å². The molecule has 0 spiro atoms. The van der Waals surface area contributed by atoms with E-state index in [1.54, 1.807) is 34.8 Å². The molecule has 0 amide bonds. The van der Waals surface area contributed by atoms with Crippen LogP contribution in [0.4, 0.5) is 4.39 Å². The van der Waals surface area contributed by atoms with Gasteiger partial charge in [0.2, 0.25) is 5.95 Å². The highest BCUT2D eigenvalue weighted by Gasteiger charge is 2.12. The fraction of sp³-hybridized carbons (Fsp3) is 0.105. The van der Waals surface area contributed by atoms with E-state index < -0.39 is 5.95 Å².